The van der Waals surface area contributed by atoms with Crippen molar-refractivity contribution in [1.29, 1.82) is 0 Å². The molecule has 0 aromatic carbocycles. The molecular formula is C21H37NO3. The summed E-state index contributed by atoms with van der Waals surface area (Å²) in [4.78, 5) is 26.2. The number of esters is 1. The summed E-state index contributed by atoms with van der Waals surface area (Å²) in [6.45, 7) is 14.0. The Bertz CT molecular complexity index is 497. The Morgan fingerprint density at radius 2 is 1.88 bits per heavy atom. The van der Waals surface area contributed by atoms with Crippen molar-refractivity contribution < 1.29 is 14.3 Å². The maximum atomic E-state index is 12.5. The monoisotopic (exact) mass is 351 g/mol. The van der Waals surface area contributed by atoms with Gasteiger partial charge in [-0.1, -0.05) is 34.6 Å². The molecule has 1 aliphatic heterocycles. The Kier molecular flexibility index (Phi) is 6.22. The summed E-state index contributed by atoms with van der Waals surface area (Å²) in [6.07, 6.45) is 6.55. The summed E-state index contributed by atoms with van der Waals surface area (Å²) < 4.78 is 5.71. The van der Waals surface area contributed by atoms with Crippen molar-refractivity contribution in [2.24, 2.45) is 16.7 Å². The third-order valence-electron chi connectivity index (χ3n) is 7.27. The van der Waals surface area contributed by atoms with Crippen molar-refractivity contribution in [3.05, 3.63) is 0 Å². The van der Waals surface area contributed by atoms with E-state index in [1.165, 1.54) is 12.8 Å². The zero-order valence-corrected chi connectivity index (χ0v) is 17.1. The average molecular weight is 352 g/mol. The molecule has 0 aromatic heterocycles. The van der Waals surface area contributed by atoms with E-state index < -0.39 is 0 Å². The first-order valence-corrected chi connectivity index (χ1v) is 10.1. The van der Waals surface area contributed by atoms with Gasteiger partial charge in [-0.05, 0) is 62.2 Å². The van der Waals surface area contributed by atoms with Gasteiger partial charge in [-0.25, -0.2) is 4.79 Å². The first kappa shape index (κ1) is 20.3. The minimum atomic E-state index is -0.364. The second-order valence-corrected chi connectivity index (χ2v) is 9.26. The van der Waals surface area contributed by atoms with Crippen LogP contribution in [-0.4, -0.2) is 35.5 Å². The van der Waals surface area contributed by atoms with E-state index in [2.05, 4.69) is 27.7 Å². The van der Waals surface area contributed by atoms with Gasteiger partial charge < -0.3 is 9.64 Å². The molecule has 3 unspecified atom stereocenters. The molecule has 1 heterocycles. The second kappa shape index (κ2) is 7.67. The van der Waals surface area contributed by atoms with Crippen LogP contribution in [0.3, 0.4) is 0 Å². The van der Waals surface area contributed by atoms with Gasteiger partial charge >= 0.3 is 5.97 Å². The zero-order valence-electron chi connectivity index (χ0n) is 17.1. The molecule has 1 amide bonds. The fraction of sp³-hybridized carbons (Fsp3) is 0.905. The van der Waals surface area contributed by atoms with Crippen LogP contribution in [0.25, 0.3) is 0 Å². The van der Waals surface area contributed by atoms with Crippen LogP contribution in [0, 0.1) is 16.7 Å². The van der Waals surface area contributed by atoms with E-state index in [-0.39, 0.29) is 24.0 Å². The summed E-state index contributed by atoms with van der Waals surface area (Å²) in [5.74, 6) is 0.535. The molecule has 0 spiro atoms. The van der Waals surface area contributed by atoms with E-state index in [1.807, 2.05) is 13.8 Å². The van der Waals surface area contributed by atoms with E-state index in [9.17, 15) is 9.59 Å². The normalized spacial score (nSPS) is 28.8. The van der Waals surface area contributed by atoms with Gasteiger partial charge in [0.1, 0.15) is 6.04 Å². The fourth-order valence-corrected chi connectivity index (χ4v) is 4.56. The summed E-state index contributed by atoms with van der Waals surface area (Å²) in [5, 5.41) is 0. The maximum absolute atomic E-state index is 12.5. The lowest BCUT2D eigenvalue weighted by Crippen LogP contribution is -2.42. The first-order valence-electron chi connectivity index (χ1n) is 10.1. The first-order chi connectivity index (χ1) is 11.6. The predicted molar refractivity (Wildman–Crippen MR) is 100 cm³/mol. The fourth-order valence-electron chi connectivity index (χ4n) is 4.56. The van der Waals surface area contributed by atoms with Gasteiger partial charge in [0, 0.05) is 13.0 Å². The maximum Gasteiger partial charge on any atom is 0.329 e. The SMILES string of the molecule is CCC(=O)N1CCCC1C(=O)OC(C)CCC1CCC(C)(C)C1(C)C. The highest BCUT2D eigenvalue weighted by Crippen LogP contribution is 2.56. The summed E-state index contributed by atoms with van der Waals surface area (Å²) >= 11 is 0. The molecule has 1 saturated carbocycles. The number of nitrogens with zero attached hydrogens (tertiary/aromatic N) is 1. The molecule has 4 nitrogen and oxygen atoms in total. The van der Waals surface area contributed by atoms with Crippen LogP contribution in [0.5, 0.6) is 0 Å². The molecule has 2 rings (SSSR count). The lowest BCUT2D eigenvalue weighted by Gasteiger charge is -2.39. The highest BCUT2D eigenvalue weighted by atomic mass is 16.5. The Labute approximate surface area is 153 Å². The number of rotatable bonds is 6. The van der Waals surface area contributed by atoms with E-state index in [4.69, 9.17) is 4.74 Å². The van der Waals surface area contributed by atoms with Crippen LogP contribution < -0.4 is 0 Å². The Morgan fingerprint density at radius 1 is 1.20 bits per heavy atom. The van der Waals surface area contributed by atoms with Crippen molar-refractivity contribution in [3.8, 4) is 0 Å². The van der Waals surface area contributed by atoms with Gasteiger partial charge in [0.25, 0.3) is 0 Å². The Balaban J connectivity index is 1.83. The van der Waals surface area contributed by atoms with Gasteiger partial charge in [-0.3, -0.25) is 4.79 Å². The summed E-state index contributed by atoms with van der Waals surface area (Å²) in [5.41, 5.74) is 0.703. The molecule has 4 heteroatoms. The molecule has 25 heavy (non-hydrogen) atoms. The number of hydrogen-bond acceptors (Lipinski definition) is 3. The minimum Gasteiger partial charge on any atom is -0.461 e. The molecule has 0 bridgehead atoms. The van der Waals surface area contributed by atoms with Gasteiger partial charge in [0.15, 0.2) is 0 Å². The highest BCUT2D eigenvalue weighted by Gasteiger charge is 2.48. The molecule has 0 radical (unpaired) electrons. The van der Waals surface area contributed by atoms with Gasteiger partial charge in [0.2, 0.25) is 5.91 Å². The van der Waals surface area contributed by atoms with Crippen LogP contribution in [-0.2, 0) is 14.3 Å². The van der Waals surface area contributed by atoms with E-state index >= 15 is 0 Å². The lowest BCUT2D eigenvalue weighted by molar-refractivity contribution is -0.157. The molecule has 1 aliphatic carbocycles. The number of ether oxygens (including phenoxy) is 1. The van der Waals surface area contributed by atoms with Gasteiger partial charge in [-0.15, -0.1) is 0 Å². The molecule has 0 aromatic rings. The number of hydrogen-bond donors (Lipinski definition) is 0. The molecule has 2 aliphatic rings. The van der Waals surface area contributed by atoms with Crippen molar-refractivity contribution in [3.63, 3.8) is 0 Å². The molecule has 3 atom stereocenters. The number of amides is 1. The Hall–Kier alpha value is -1.06. The van der Waals surface area contributed by atoms with Crippen molar-refractivity contribution in [2.45, 2.75) is 98.6 Å². The van der Waals surface area contributed by atoms with E-state index in [0.29, 0.717) is 29.7 Å². The van der Waals surface area contributed by atoms with Crippen LogP contribution in [0.1, 0.15) is 86.5 Å². The van der Waals surface area contributed by atoms with Crippen LogP contribution >= 0.6 is 0 Å². The highest BCUT2D eigenvalue weighted by molar-refractivity contribution is 5.85. The topological polar surface area (TPSA) is 46.6 Å². The van der Waals surface area contributed by atoms with Gasteiger partial charge in [-0.2, -0.15) is 0 Å². The van der Waals surface area contributed by atoms with Crippen LogP contribution in [0.4, 0.5) is 0 Å². The van der Waals surface area contributed by atoms with Crippen molar-refractivity contribution in [1.82, 2.24) is 4.90 Å². The number of carbonyl (C=O) groups is 2. The third-order valence-corrected chi connectivity index (χ3v) is 7.27. The number of likely N-dealkylation sites (tertiary alicyclic amines) is 1. The van der Waals surface area contributed by atoms with Crippen LogP contribution in [0.2, 0.25) is 0 Å². The summed E-state index contributed by atoms with van der Waals surface area (Å²) in [6, 6.07) is -0.364. The smallest absolute Gasteiger partial charge is 0.329 e. The average Bonchev–Trinajstić information content (AvgIpc) is 3.09. The predicted octanol–water partition coefficient (Wildman–Crippen LogP) is 4.56. The molecular weight excluding hydrogens is 314 g/mol. The van der Waals surface area contributed by atoms with Crippen molar-refractivity contribution >= 4 is 11.9 Å². The standard InChI is InChI=1S/C21H37NO3/c1-7-18(23)22-14-8-9-17(22)19(24)25-15(2)10-11-16-12-13-20(3,4)21(16,5)6/h15-17H,7-14H2,1-6H3. The minimum absolute atomic E-state index is 0.0574. The zero-order chi connectivity index (χ0) is 18.8. The van der Waals surface area contributed by atoms with Crippen molar-refractivity contribution in [2.75, 3.05) is 6.54 Å². The largest absolute Gasteiger partial charge is 0.461 e. The lowest BCUT2D eigenvalue weighted by atomic mass is 9.66. The quantitative estimate of drug-likeness (QED) is 0.659. The molecule has 144 valence electrons. The van der Waals surface area contributed by atoms with E-state index in [0.717, 1.165) is 25.7 Å². The number of carbonyl (C=O) groups excluding carboxylic acids is 2. The van der Waals surface area contributed by atoms with Gasteiger partial charge in [0.05, 0.1) is 6.10 Å². The molecule has 1 saturated heterocycles. The summed E-state index contributed by atoms with van der Waals surface area (Å²) in [7, 11) is 0. The molecule has 0 N–H and O–H groups in total. The molecule has 2 fully saturated rings. The second-order valence-electron chi connectivity index (χ2n) is 9.26. The Morgan fingerprint density at radius 3 is 2.44 bits per heavy atom. The van der Waals surface area contributed by atoms with E-state index in [1.54, 1.807) is 4.90 Å². The third kappa shape index (κ3) is 4.20. The van der Waals surface area contributed by atoms with Crippen LogP contribution in [0.15, 0.2) is 0 Å².